The molecule has 1 atom stereocenters. The maximum atomic E-state index is 8.69. The molecular formula is C14H31N3O. The molecule has 108 valence electrons. The van der Waals surface area contributed by atoms with E-state index < -0.39 is 0 Å². The number of oxime groups is 1. The number of rotatable bonds is 7. The molecule has 0 aromatic heterocycles. The van der Waals surface area contributed by atoms with E-state index in [0.29, 0.717) is 17.3 Å². The molecule has 0 spiro atoms. The highest BCUT2D eigenvalue weighted by molar-refractivity contribution is 5.85. The fraction of sp³-hybridized carbons (Fsp3) is 0.929. The van der Waals surface area contributed by atoms with Gasteiger partial charge < -0.3 is 16.3 Å². The summed E-state index contributed by atoms with van der Waals surface area (Å²) < 4.78 is 0. The second kappa shape index (κ2) is 6.98. The second-order valence-electron chi connectivity index (χ2n) is 6.87. The first-order chi connectivity index (χ1) is 8.11. The van der Waals surface area contributed by atoms with Gasteiger partial charge in [0.25, 0.3) is 0 Å². The molecule has 0 aliphatic rings. The highest BCUT2D eigenvalue weighted by Crippen LogP contribution is 2.23. The van der Waals surface area contributed by atoms with E-state index in [0.717, 1.165) is 25.8 Å². The third kappa shape index (κ3) is 6.24. The van der Waals surface area contributed by atoms with Gasteiger partial charge in [0, 0.05) is 11.5 Å². The zero-order chi connectivity index (χ0) is 14.4. The first-order valence-electron chi connectivity index (χ1n) is 6.82. The molecular weight excluding hydrogens is 226 g/mol. The van der Waals surface area contributed by atoms with Crippen LogP contribution in [-0.2, 0) is 0 Å². The summed E-state index contributed by atoms with van der Waals surface area (Å²) in [7, 11) is 0. The van der Waals surface area contributed by atoms with E-state index in [1.807, 2.05) is 13.8 Å². The Hall–Kier alpha value is -0.770. The molecule has 0 aliphatic carbocycles. The van der Waals surface area contributed by atoms with Gasteiger partial charge >= 0.3 is 0 Å². The monoisotopic (exact) mass is 257 g/mol. The Balaban J connectivity index is 3.82. The van der Waals surface area contributed by atoms with E-state index in [-0.39, 0.29) is 5.41 Å². The highest BCUT2D eigenvalue weighted by atomic mass is 16.4. The lowest BCUT2D eigenvalue weighted by Gasteiger charge is -2.28. The summed E-state index contributed by atoms with van der Waals surface area (Å²) in [5, 5.41) is 15.3. The number of amidine groups is 1. The number of nitrogens with two attached hydrogens (primary N) is 1. The van der Waals surface area contributed by atoms with Gasteiger partial charge in [-0.3, -0.25) is 0 Å². The van der Waals surface area contributed by atoms with Gasteiger partial charge in [0.15, 0.2) is 0 Å². The van der Waals surface area contributed by atoms with E-state index in [1.54, 1.807) is 0 Å². The number of nitrogens with one attached hydrogen (secondary N) is 1. The molecule has 0 fully saturated rings. The molecule has 0 heterocycles. The van der Waals surface area contributed by atoms with Crippen LogP contribution in [0.5, 0.6) is 0 Å². The zero-order valence-corrected chi connectivity index (χ0v) is 12.9. The van der Waals surface area contributed by atoms with Gasteiger partial charge in [-0.05, 0) is 31.7 Å². The summed E-state index contributed by atoms with van der Waals surface area (Å²) >= 11 is 0. The van der Waals surface area contributed by atoms with Gasteiger partial charge in [-0.25, -0.2) is 0 Å². The Labute approximate surface area is 112 Å². The number of nitrogens with zero attached hydrogens (tertiary/aromatic N) is 1. The van der Waals surface area contributed by atoms with Crippen LogP contribution in [-0.4, -0.2) is 23.6 Å². The lowest BCUT2D eigenvalue weighted by Crippen LogP contribution is -2.38. The fourth-order valence-corrected chi connectivity index (χ4v) is 1.58. The van der Waals surface area contributed by atoms with Crippen molar-refractivity contribution < 1.29 is 5.21 Å². The molecule has 4 nitrogen and oxygen atoms in total. The van der Waals surface area contributed by atoms with Gasteiger partial charge in [0.05, 0.1) is 0 Å². The Morgan fingerprint density at radius 1 is 1.22 bits per heavy atom. The molecule has 0 saturated carbocycles. The average molecular weight is 257 g/mol. The van der Waals surface area contributed by atoms with E-state index in [9.17, 15) is 0 Å². The Morgan fingerprint density at radius 2 is 1.78 bits per heavy atom. The van der Waals surface area contributed by atoms with Crippen molar-refractivity contribution in [3.05, 3.63) is 0 Å². The van der Waals surface area contributed by atoms with E-state index in [1.165, 1.54) is 0 Å². The number of unbranched alkanes of at least 4 members (excludes halogenated alkanes) is 1. The lowest BCUT2D eigenvalue weighted by atomic mass is 9.85. The van der Waals surface area contributed by atoms with Crippen LogP contribution in [0.1, 0.15) is 60.8 Å². The SMILES string of the molecule is CC(NCCCCC(C)(C)C(N)=NO)C(C)(C)C. The predicted molar refractivity (Wildman–Crippen MR) is 78.0 cm³/mol. The van der Waals surface area contributed by atoms with Gasteiger partial charge in [-0.2, -0.15) is 0 Å². The summed E-state index contributed by atoms with van der Waals surface area (Å²) in [6.07, 6.45) is 3.13. The molecule has 18 heavy (non-hydrogen) atoms. The third-order valence-corrected chi connectivity index (χ3v) is 3.78. The average Bonchev–Trinajstić information content (AvgIpc) is 2.25. The molecule has 0 amide bonds. The van der Waals surface area contributed by atoms with Gasteiger partial charge in [-0.15, -0.1) is 0 Å². The fourth-order valence-electron chi connectivity index (χ4n) is 1.58. The molecule has 1 unspecified atom stereocenters. The van der Waals surface area contributed by atoms with Crippen molar-refractivity contribution in [2.45, 2.75) is 66.8 Å². The molecule has 4 N–H and O–H groups in total. The van der Waals surface area contributed by atoms with Gasteiger partial charge in [-0.1, -0.05) is 46.2 Å². The predicted octanol–water partition coefficient (Wildman–Crippen LogP) is 2.95. The van der Waals surface area contributed by atoms with Crippen molar-refractivity contribution in [3.63, 3.8) is 0 Å². The van der Waals surface area contributed by atoms with Crippen molar-refractivity contribution in [1.82, 2.24) is 5.32 Å². The molecule has 0 aromatic rings. The van der Waals surface area contributed by atoms with Crippen LogP contribution in [0, 0.1) is 10.8 Å². The van der Waals surface area contributed by atoms with Crippen LogP contribution in [0.15, 0.2) is 5.16 Å². The van der Waals surface area contributed by atoms with Crippen LogP contribution in [0.3, 0.4) is 0 Å². The van der Waals surface area contributed by atoms with E-state index >= 15 is 0 Å². The van der Waals surface area contributed by atoms with Gasteiger partial charge in [0.1, 0.15) is 5.84 Å². The largest absolute Gasteiger partial charge is 0.409 e. The molecule has 0 rings (SSSR count). The standard InChI is InChI=1S/C14H31N3O/c1-11(13(2,3)4)16-10-8-7-9-14(5,6)12(15)17-18/h11,16,18H,7-10H2,1-6H3,(H2,15,17). The minimum absolute atomic E-state index is 0.218. The van der Waals surface area contributed by atoms with Crippen molar-refractivity contribution in [2.24, 2.45) is 21.7 Å². The summed E-state index contributed by atoms with van der Waals surface area (Å²) in [5.74, 6) is 0.318. The van der Waals surface area contributed by atoms with Crippen molar-refractivity contribution in [3.8, 4) is 0 Å². The van der Waals surface area contributed by atoms with Crippen molar-refractivity contribution >= 4 is 5.84 Å². The Bertz CT molecular complexity index is 267. The van der Waals surface area contributed by atoms with Crippen molar-refractivity contribution in [1.29, 1.82) is 0 Å². The zero-order valence-electron chi connectivity index (χ0n) is 12.9. The van der Waals surface area contributed by atoms with Crippen LogP contribution in [0.2, 0.25) is 0 Å². The van der Waals surface area contributed by atoms with Crippen molar-refractivity contribution in [2.75, 3.05) is 6.54 Å². The van der Waals surface area contributed by atoms with Crippen LogP contribution in [0.25, 0.3) is 0 Å². The number of hydrogen-bond donors (Lipinski definition) is 3. The minimum Gasteiger partial charge on any atom is -0.409 e. The topological polar surface area (TPSA) is 70.6 Å². The Kier molecular flexibility index (Phi) is 6.68. The second-order valence-corrected chi connectivity index (χ2v) is 6.87. The third-order valence-electron chi connectivity index (χ3n) is 3.78. The molecule has 0 radical (unpaired) electrons. The minimum atomic E-state index is -0.218. The van der Waals surface area contributed by atoms with E-state index in [4.69, 9.17) is 10.9 Å². The first kappa shape index (κ1) is 17.2. The summed E-state index contributed by atoms with van der Waals surface area (Å²) in [5.41, 5.74) is 5.74. The van der Waals surface area contributed by atoms with E-state index in [2.05, 4.69) is 38.2 Å². The molecule has 0 aromatic carbocycles. The maximum Gasteiger partial charge on any atom is 0.144 e. The molecule has 4 heteroatoms. The number of hydrogen-bond acceptors (Lipinski definition) is 3. The normalized spacial score (nSPS) is 15.8. The summed E-state index contributed by atoms with van der Waals surface area (Å²) in [6, 6.07) is 0.509. The smallest absolute Gasteiger partial charge is 0.144 e. The molecule has 0 saturated heterocycles. The molecule has 0 bridgehead atoms. The van der Waals surface area contributed by atoms with Crippen LogP contribution >= 0.6 is 0 Å². The van der Waals surface area contributed by atoms with Crippen LogP contribution in [0.4, 0.5) is 0 Å². The van der Waals surface area contributed by atoms with Crippen LogP contribution < -0.4 is 11.1 Å². The quantitative estimate of drug-likeness (QED) is 0.216. The molecule has 0 aliphatic heterocycles. The van der Waals surface area contributed by atoms with Gasteiger partial charge in [0.2, 0.25) is 0 Å². The summed E-state index contributed by atoms with van der Waals surface area (Å²) in [4.78, 5) is 0. The summed E-state index contributed by atoms with van der Waals surface area (Å²) in [6.45, 7) is 14.0. The first-order valence-corrected chi connectivity index (χ1v) is 6.82. The lowest BCUT2D eigenvalue weighted by molar-refractivity contribution is 0.282. The Morgan fingerprint density at radius 3 is 2.22 bits per heavy atom. The highest BCUT2D eigenvalue weighted by Gasteiger charge is 2.23. The maximum absolute atomic E-state index is 8.69.